The van der Waals surface area contributed by atoms with E-state index in [0.29, 0.717) is 23.8 Å². The Morgan fingerprint density at radius 2 is 1.87 bits per heavy atom. The molecule has 0 aliphatic heterocycles. The zero-order chi connectivity index (χ0) is 23.1. The summed E-state index contributed by atoms with van der Waals surface area (Å²) in [4.78, 5) is 23.1. The first-order valence-electron chi connectivity index (χ1n) is 11.4. The minimum atomic E-state index is -1.28. The molecule has 3 aliphatic rings. The van der Waals surface area contributed by atoms with Crippen molar-refractivity contribution in [2.24, 2.45) is 35.0 Å². The second kappa shape index (κ2) is 8.91. The van der Waals surface area contributed by atoms with E-state index < -0.39 is 24.1 Å². The van der Waals surface area contributed by atoms with Gasteiger partial charge in [0.2, 0.25) is 0 Å². The number of carboxylic acid groups (broad SMARTS) is 2. The normalized spacial score (nSPS) is 36.3. The summed E-state index contributed by atoms with van der Waals surface area (Å²) in [6.45, 7) is 7.75. The van der Waals surface area contributed by atoms with E-state index in [1.165, 1.54) is 13.0 Å². The van der Waals surface area contributed by atoms with Crippen molar-refractivity contribution in [3.8, 4) is 0 Å². The SMILES string of the molecule is C/C(=C\[C@H](O)[C@H](O)[C@H](C)C1=CC[C@@]2(C)C[C@@H]3[C@H](C)CC[C@@H]3C(C(=O)O)=CC[C@H]12)C(=O)O. The van der Waals surface area contributed by atoms with Gasteiger partial charge in [0.25, 0.3) is 0 Å². The highest BCUT2D eigenvalue weighted by Gasteiger charge is 2.49. The molecule has 0 radical (unpaired) electrons. The van der Waals surface area contributed by atoms with Crippen LogP contribution in [-0.2, 0) is 9.59 Å². The molecule has 0 spiro atoms. The van der Waals surface area contributed by atoms with Crippen LogP contribution >= 0.6 is 0 Å². The lowest BCUT2D eigenvalue weighted by atomic mass is 9.63. The van der Waals surface area contributed by atoms with Crippen LogP contribution in [0, 0.1) is 35.0 Å². The van der Waals surface area contributed by atoms with Crippen LogP contribution in [0.2, 0.25) is 0 Å². The standard InChI is InChI=1S/C25H36O6/c1-13-5-6-17-18(24(30)31)7-8-20-16(9-10-25(20,4)12-19(13)17)15(3)22(27)21(26)11-14(2)23(28)29/h7,9,11,13,15,17,19-22,26-27H,5-6,8,10,12H2,1-4H3,(H,28,29)(H,30,31)/b14-11+,18-7?/t13-,15-,17-,19-,20-,21+,22-,25+/m1/s1. The van der Waals surface area contributed by atoms with Crippen molar-refractivity contribution in [2.45, 2.75) is 72.0 Å². The predicted octanol–water partition coefficient (Wildman–Crippen LogP) is 3.79. The van der Waals surface area contributed by atoms with Gasteiger partial charge in [0.1, 0.15) is 0 Å². The first-order valence-corrected chi connectivity index (χ1v) is 11.4. The Kier molecular flexibility index (Phi) is 6.82. The van der Waals surface area contributed by atoms with Crippen molar-refractivity contribution < 1.29 is 30.0 Å². The molecule has 31 heavy (non-hydrogen) atoms. The van der Waals surface area contributed by atoms with Crippen LogP contribution in [0.5, 0.6) is 0 Å². The van der Waals surface area contributed by atoms with Gasteiger partial charge in [0.15, 0.2) is 0 Å². The van der Waals surface area contributed by atoms with Crippen molar-refractivity contribution in [2.75, 3.05) is 0 Å². The molecule has 0 heterocycles. The fraction of sp³-hybridized carbons (Fsp3) is 0.680. The van der Waals surface area contributed by atoms with E-state index in [1.807, 2.05) is 13.0 Å². The molecular weight excluding hydrogens is 396 g/mol. The number of aliphatic hydroxyl groups excluding tert-OH is 2. The Morgan fingerprint density at radius 3 is 2.48 bits per heavy atom. The maximum atomic E-state index is 12.0. The first kappa shape index (κ1) is 23.7. The van der Waals surface area contributed by atoms with Gasteiger partial charge in [0.05, 0.1) is 12.2 Å². The number of allylic oxidation sites excluding steroid dienone is 2. The van der Waals surface area contributed by atoms with E-state index in [2.05, 4.69) is 19.9 Å². The van der Waals surface area contributed by atoms with Gasteiger partial charge in [-0.2, -0.15) is 0 Å². The van der Waals surface area contributed by atoms with Crippen molar-refractivity contribution in [1.82, 2.24) is 0 Å². The maximum Gasteiger partial charge on any atom is 0.331 e. The second-order valence-electron chi connectivity index (χ2n) is 10.3. The summed E-state index contributed by atoms with van der Waals surface area (Å²) < 4.78 is 0. The fourth-order valence-corrected chi connectivity index (χ4v) is 6.28. The summed E-state index contributed by atoms with van der Waals surface area (Å²) in [6, 6.07) is 0. The molecule has 0 unspecified atom stereocenters. The third-order valence-electron chi connectivity index (χ3n) is 8.30. The van der Waals surface area contributed by atoms with Gasteiger partial charge < -0.3 is 20.4 Å². The molecule has 172 valence electrons. The van der Waals surface area contributed by atoms with Crippen LogP contribution in [0.25, 0.3) is 0 Å². The number of aliphatic carboxylic acids is 2. The average Bonchev–Trinajstić information content (AvgIpc) is 3.19. The highest BCUT2D eigenvalue weighted by molar-refractivity contribution is 5.87. The summed E-state index contributed by atoms with van der Waals surface area (Å²) in [5.74, 6) is -1.28. The van der Waals surface area contributed by atoms with Crippen LogP contribution in [0.3, 0.4) is 0 Å². The Labute approximate surface area is 184 Å². The van der Waals surface area contributed by atoms with E-state index in [-0.39, 0.29) is 28.7 Å². The van der Waals surface area contributed by atoms with Crippen molar-refractivity contribution in [1.29, 1.82) is 0 Å². The number of aliphatic hydroxyl groups is 2. The number of carboxylic acids is 2. The molecule has 0 amide bonds. The first-order chi connectivity index (χ1) is 14.5. The van der Waals surface area contributed by atoms with Gasteiger partial charge >= 0.3 is 11.9 Å². The Morgan fingerprint density at radius 1 is 1.19 bits per heavy atom. The van der Waals surface area contributed by atoms with E-state index in [1.54, 1.807) is 0 Å². The molecule has 4 N–H and O–H groups in total. The van der Waals surface area contributed by atoms with Crippen molar-refractivity contribution in [3.05, 3.63) is 34.9 Å². The van der Waals surface area contributed by atoms with Gasteiger partial charge in [-0.05, 0) is 74.2 Å². The van der Waals surface area contributed by atoms with Crippen molar-refractivity contribution >= 4 is 11.9 Å². The Bertz CT molecular complexity index is 824. The Balaban J connectivity index is 1.88. The maximum absolute atomic E-state index is 12.0. The lowest BCUT2D eigenvalue weighted by Crippen LogP contribution is -2.37. The van der Waals surface area contributed by atoms with Crippen LogP contribution in [0.4, 0.5) is 0 Å². The van der Waals surface area contributed by atoms with Gasteiger partial charge in [-0.15, -0.1) is 0 Å². The number of hydrogen-bond acceptors (Lipinski definition) is 4. The predicted molar refractivity (Wildman–Crippen MR) is 117 cm³/mol. The van der Waals surface area contributed by atoms with Gasteiger partial charge in [0, 0.05) is 17.1 Å². The van der Waals surface area contributed by atoms with Gasteiger partial charge in [-0.25, -0.2) is 9.59 Å². The Hall–Kier alpha value is -1.92. The highest BCUT2D eigenvalue weighted by Crippen LogP contribution is 2.57. The monoisotopic (exact) mass is 432 g/mol. The zero-order valence-electron chi connectivity index (χ0n) is 18.9. The topological polar surface area (TPSA) is 115 Å². The van der Waals surface area contributed by atoms with Crippen LogP contribution < -0.4 is 0 Å². The summed E-state index contributed by atoms with van der Waals surface area (Å²) in [5.41, 5.74) is 1.56. The molecule has 1 fully saturated rings. The third kappa shape index (κ3) is 4.51. The largest absolute Gasteiger partial charge is 0.478 e. The molecule has 0 aromatic rings. The molecule has 6 heteroatoms. The molecule has 0 aromatic carbocycles. The molecule has 0 aromatic heterocycles. The molecule has 0 saturated heterocycles. The minimum absolute atomic E-state index is 0.00904. The molecular formula is C25H36O6. The molecule has 3 aliphatic carbocycles. The van der Waals surface area contributed by atoms with E-state index in [0.717, 1.165) is 31.3 Å². The molecule has 8 atom stereocenters. The lowest BCUT2D eigenvalue weighted by molar-refractivity contribution is -0.134. The summed E-state index contributed by atoms with van der Waals surface area (Å²) >= 11 is 0. The zero-order valence-corrected chi connectivity index (χ0v) is 18.9. The van der Waals surface area contributed by atoms with Gasteiger partial charge in [-0.1, -0.05) is 38.5 Å². The second-order valence-corrected chi connectivity index (χ2v) is 10.3. The fourth-order valence-electron chi connectivity index (χ4n) is 6.28. The summed E-state index contributed by atoms with van der Waals surface area (Å²) in [6.07, 6.45) is 7.26. The quantitative estimate of drug-likeness (QED) is 0.375. The molecule has 3 rings (SSSR count). The van der Waals surface area contributed by atoms with Crippen molar-refractivity contribution in [3.63, 3.8) is 0 Å². The molecule has 0 bridgehead atoms. The van der Waals surface area contributed by atoms with Crippen LogP contribution in [-0.4, -0.2) is 44.6 Å². The number of carbonyl (C=O) groups is 2. The van der Waals surface area contributed by atoms with Crippen LogP contribution in [0.1, 0.15) is 59.8 Å². The minimum Gasteiger partial charge on any atom is -0.478 e. The van der Waals surface area contributed by atoms with E-state index >= 15 is 0 Å². The third-order valence-corrected chi connectivity index (χ3v) is 8.30. The van der Waals surface area contributed by atoms with E-state index in [9.17, 15) is 24.9 Å². The summed E-state index contributed by atoms with van der Waals surface area (Å²) in [7, 11) is 0. The summed E-state index contributed by atoms with van der Waals surface area (Å²) in [5, 5.41) is 40.1. The molecule has 1 saturated carbocycles. The highest BCUT2D eigenvalue weighted by atomic mass is 16.4. The number of hydrogen-bond donors (Lipinski definition) is 4. The lowest BCUT2D eigenvalue weighted by Gasteiger charge is -2.41. The number of fused-ring (bicyclic) bond motifs is 2. The smallest absolute Gasteiger partial charge is 0.331 e. The van der Waals surface area contributed by atoms with E-state index in [4.69, 9.17) is 5.11 Å². The van der Waals surface area contributed by atoms with Gasteiger partial charge in [-0.3, -0.25) is 0 Å². The number of rotatable bonds is 6. The average molecular weight is 433 g/mol. The van der Waals surface area contributed by atoms with Crippen LogP contribution in [0.15, 0.2) is 34.9 Å². The molecule has 6 nitrogen and oxygen atoms in total.